The zero-order chi connectivity index (χ0) is 11.5. The summed E-state index contributed by atoms with van der Waals surface area (Å²) in [7, 11) is 0. The summed E-state index contributed by atoms with van der Waals surface area (Å²) < 4.78 is 1.11. The van der Waals surface area contributed by atoms with Crippen LogP contribution in [0.15, 0.2) is 53.0 Å². The summed E-state index contributed by atoms with van der Waals surface area (Å²) in [5.74, 6) is 0. The molecule has 0 spiro atoms. The van der Waals surface area contributed by atoms with E-state index in [0.717, 1.165) is 15.6 Å². The second kappa shape index (κ2) is 4.81. The highest BCUT2D eigenvalue weighted by molar-refractivity contribution is 9.10. The van der Waals surface area contributed by atoms with Gasteiger partial charge in [-0.1, -0.05) is 58.4 Å². The molecule has 0 bridgehead atoms. The lowest BCUT2D eigenvalue weighted by Crippen LogP contribution is -2.11. The Morgan fingerprint density at radius 3 is 2.31 bits per heavy atom. The molecule has 2 aromatic carbocycles. The van der Waals surface area contributed by atoms with Crippen molar-refractivity contribution in [1.29, 1.82) is 0 Å². The third-order valence-corrected chi connectivity index (χ3v) is 3.57. The molecule has 2 N–H and O–H groups in total. The van der Waals surface area contributed by atoms with Crippen molar-refractivity contribution in [3.8, 4) is 0 Å². The van der Waals surface area contributed by atoms with Gasteiger partial charge in [-0.2, -0.15) is 0 Å². The Balaban J connectivity index is 2.34. The maximum atomic E-state index is 6.21. The first-order valence-electron chi connectivity index (χ1n) is 5.25. The maximum absolute atomic E-state index is 6.21. The van der Waals surface area contributed by atoms with Crippen molar-refractivity contribution in [3.05, 3.63) is 69.7 Å². The van der Waals surface area contributed by atoms with Gasteiger partial charge in [-0.3, -0.25) is 0 Å². The molecule has 0 amide bonds. The summed E-state index contributed by atoms with van der Waals surface area (Å²) in [4.78, 5) is 0. The van der Waals surface area contributed by atoms with E-state index in [-0.39, 0.29) is 6.04 Å². The van der Waals surface area contributed by atoms with Crippen LogP contribution in [0, 0.1) is 6.92 Å². The first kappa shape index (κ1) is 11.4. The lowest BCUT2D eigenvalue weighted by atomic mass is 9.99. The van der Waals surface area contributed by atoms with Crippen LogP contribution in [-0.4, -0.2) is 0 Å². The highest BCUT2D eigenvalue weighted by Crippen LogP contribution is 2.24. The summed E-state index contributed by atoms with van der Waals surface area (Å²) in [6, 6.07) is 16.3. The minimum Gasteiger partial charge on any atom is -0.320 e. The molecular formula is C14H14BrN. The second-order valence-corrected chi connectivity index (χ2v) is 4.75. The van der Waals surface area contributed by atoms with Crippen LogP contribution < -0.4 is 5.73 Å². The van der Waals surface area contributed by atoms with Gasteiger partial charge in [-0.05, 0) is 29.7 Å². The van der Waals surface area contributed by atoms with Gasteiger partial charge in [-0.15, -0.1) is 0 Å². The SMILES string of the molecule is Cc1ccc(C(N)c2ccccc2)cc1Br. The van der Waals surface area contributed by atoms with Crippen molar-refractivity contribution in [2.24, 2.45) is 5.73 Å². The number of rotatable bonds is 2. The van der Waals surface area contributed by atoms with Crippen LogP contribution in [0.2, 0.25) is 0 Å². The second-order valence-electron chi connectivity index (χ2n) is 3.90. The molecule has 0 aliphatic rings. The molecule has 82 valence electrons. The number of benzene rings is 2. The third kappa shape index (κ3) is 2.34. The predicted molar refractivity (Wildman–Crippen MR) is 71.4 cm³/mol. The van der Waals surface area contributed by atoms with Crippen LogP contribution in [0.3, 0.4) is 0 Å². The van der Waals surface area contributed by atoms with Gasteiger partial charge in [-0.25, -0.2) is 0 Å². The van der Waals surface area contributed by atoms with Crippen LogP contribution in [0.1, 0.15) is 22.7 Å². The molecule has 0 saturated heterocycles. The van der Waals surface area contributed by atoms with Gasteiger partial charge in [0.15, 0.2) is 0 Å². The van der Waals surface area contributed by atoms with Gasteiger partial charge in [0.1, 0.15) is 0 Å². The molecule has 0 radical (unpaired) electrons. The largest absolute Gasteiger partial charge is 0.320 e. The van der Waals surface area contributed by atoms with E-state index in [0.29, 0.717) is 0 Å². The van der Waals surface area contributed by atoms with E-state index in [1.165, 1.54) is 5.56 Å². The summed E-state index contributed by atoms with van der Waals surface area (Å²) >= 11 is 3.53. The molecule has 0 saturated carbocycles. The van der Waals surface area contributed by atoms with Crippen molar-refractivity contribution < 1.29 is 0 Å². The van der Waals surface area contributed by atoms with Crippen LogP contribution in [0.5, 0.6) is 0 Å². The normalized spacial score (nSPS) is 12.4. The lowest BCUT2D eigenvalue weighted by Gasteiger charge is -2.13. The van der Waals surface area contributed by atoms with Gasteiger partial charge in [0.2, 0.25) is 0 Å². The zero-order valence-electron chi connectivity index (χ0n) is 9.15. The summed E-state index contributed by atoms with van der Waals surface area (Å²) in [5.41, 5.74) is 9.71. The molecule has 16 heavy (non-hydrogen) atoms. The van der Waals surface area contributed by atoms with Crippen molar-refractivity contribution >= 4 is 15.9 Å². The monoisotopic (exact) mass is 275 g/mol. The molecule has 1 unspecified atom stereocenters. The van der Waals surface area contributed by atoms with Crippen LogP contribution in [0.25, 0.3) is 0 Å². The summed E-state index contributed by atoms with van der Waals surface area (Å²) in [6.07, 6.45) is 0. The van der Waals surface area contributed by atoms with Crippen molar-refractivity contribution in [1.82, 2.24) is 0 Å². The molecular weight excluding hydrogens is 262 g/mol. The molecule has 2 heteroatoms. The molecule has 2 aromatic rings. The Morgan fingerprint density at radius 1 is 1.00 bits per heavy atom. The standard InChI is InChI=1S/C14H14BrN/c1-10-7-8-12(9-13(10)15)14(16)11-5-3-2-4-6-11/h2-9,14H,16H2,1H3. The molecule has 0 aliphatic carbocycles. The molecule has 2 rings (SSSR count). The predicted octanol–water partition coefficient (Wildman–Crippen LogP) is 3.81. The third-order valence-electron chi connectivity index (χ3n) is 2.71. The Morgan fingerprint density at radius 2 is 1.69 bits per heavy atom. The van der Waals surface area contributed by atoms with E-state index >= 15 is 0 Å². The number of hydrogen-bond donors (Lipinski definition) is 1. The molecule has 1 nitrogen and oxygen atoms in total. The Hall–Kier alpha value is -1.12. The number of halogens is 1. The Bertz CT molecular complexity index is 479. The Labute approximate surface area is 104 Å². The topological polar surface area (TPSA) is 26.0 Å². The fourth-order valence-corrected chi connectivity index (χ4v) is 2.05. The van der Waals surface area contributed by atoms with Crippen LogP contribution >= 0.6 is 15.9 Å². The average Bonchev–Trinajstić information content (AvgIpc) is 2.33. The van der Waals surface area contributed by atoms with Gasteiger partial charge >= 0.3 is 0 Å². The van der Waals surface area contributed by atoms with E-state index in [1.807, 2.05) is 18.2 Å². The van der Waals surface area contributed by atoms with Gasteiger partial charge in [0, 0.05) is 4.47 Å². The fourth-order valence-electron chi connectivity index (χ4n) is 1.66. The van der Waals surface area contributed by atoms with Crippen LogP contribution in [0.4, 0.5) is 0 Å². The highest BCUT2D eigenvalue weighted by Gasteiger charge is 2.08. The van der Waals surface area contributed by atoms with Crippen molar-refractivity contribution in [2.45, 2.75) is 13.0 Å². The van der Waals surface area contributed by atoms with Gasteiger partial charge in [0.05, 0.1) is 6.04 Å². The highest BCUT2D eigenvalue weighted by atomic mass is 79.9. The van der Waals surface area contributed by atoms with E-state index in [4.69, 9.17) is 5.73 Å². The van der Waals surface area contributed by atoms with Crippen LogP contribution in [-0.2, 0) is 0 Å². The molecule has 1 atom stereocenters. The lowest BCUT2D eigenvalue weighted by molar-refractivity contribution is 0.870. The minimum atomic E-state index is -0.0573. The van der Waals surface area contributed by atoms with Gasteiger partial charge in [0.25, 0.3) is 0 Å². The number of aryl methyl sites for hydroxylation is 1. The van der Waals surface area contributed by atoms with E-state index < -0.39 is 0 Å². The van der Waals surface area contributed by atoms with Crippen molar-refractivity contribution in [2.75, 3.05) is 0 Å². The van der Waals surface area contributed by atoms with E-state index in [1.54, 1.807) is 0 Å². The molecule has 0 fully saturated rings. The number of nitrogens with two attached hydrogens (primary N) is 1. The quantitative estimate of drug-likeness (QED) is 0.887. The Kier molecular flexibility index (Phi) is 3.42. The molecule has 0 heterocycles. The first-order chi connectivity index (χ1) is 7.68. The summed E-state index contributed by atoms with van der Waals surface area (Å²) in [5, 5.41) is 0. The zero-order valence-corrected chi connectivity index (χ0v) is 10.7. The summed E-state index contributed by atoms with van der Waals surface area (Å²) in [6.45, 7) is 2.07. The van der Waals surface area contributed by atoms with E-state index in [9.17, 15) is 0 Å². The van der Waals surface area contributed by atoms with Crippen molar-refractivity contribution in [3.63, 3.8) is 0 Å². The molecule has 0 aliphatic heterocycles. The minimum absolute atomic E-state index is 0.0573. The average molecular weight is 276 g/mol. The molecule has 0 aromatic heterocycles. The maximum Gasteiger partial charge on any atom is 0.0552 e. The van der Waals surface area contributed by atoms with Gasteiger partial charge < -0.3 is 5.73 Å². The fraction of sp³-hybridized carbons (Fsp3) is 0.143. The van der Waals surface area contributed by atoms with E-state index in [2.05, 4.69) is 53.2 Å². The smallest absolute Gasteiger partial charge is 0.0552 e. The number of hydrogen-bond acceptors (Lipinski definition) is 1. The first-order valence-corrected chi connectivity index (χ1v) is 6.04.